The molecule has 0 saturated carbocycles. The van der Waals surface area contributed by atoms with Gasteiger partial charge in [0.25, 0.3) is 0 Å². The van der Waals surface area contributed by atoms with Crippen molar-refractivity contribution in [1.82, 2.24) is 4.31 Å². The summed E-state index contributed by atoms with van der Waals surface area (Å²) in [7, 11) is -2.50. The van der Waals surface area contributed by atoms with Gasteiger partial charge in [0.2, 0.25) is 10.0 Å². The molecular weight excluding hydrogens is 385 g/mol. The van der Waals surface area contributed by atoms with E-state index in [1.807, 2.05) is 6.92 Å². The van der Waals surface area contributed by atoms with E-state index in [1.54, 1.807) is 0 Å². The molecule has 0 N–H and O–H groups in total. The lowest BCUT2D eigenvalue weighted by atomic mass is 10.2. The van der Waals surface area contributed by atoms with Crippen LogP contribution in [0.3, 0.4) is 0 Å². The molecule has 2 atom stereocenters. The smallest absolute Gasteiger partial charge is 0.246 e. The van der Waals surface area contributed by atoms with E-state index in [0.29, 0.717) is 17.5 Å². The van der Waals surface area contributed by atoms with Crippen LogP contribution in [-0.2, 0) is 20.6 Å². The molecule has 4 nitrogen and oxygen atoms in total. The maximum atomic E-state index is 14.4. The second-order valence-corrected chi connectivity index (χ2v) is 8.11. The van der Waals surface area contributed by atoms with Crippen molar-refractivity contribution >= 4 is 37.6 Å². The highest BCUT2D eigenvalue weighted by molar-refractivity contribution is 9.10. The molecule has 1 saturated heterocycles. The zero-order valence-corrected chi connectivity index (χ0v) is 14.8. The molecule has 118 valence electrons. The number of hydrogen-bond acceptors (Lipinski definition) is 3. The van der Waals surface area contributed by atoms with Crippen LogP contribution in [0.5, 0.6) is 0 Å². The maximum Gasteiger partial charge on any atom is 0.246 e. The molecule has 0 radical (unpaired) electrons. The highest BCUT2D eigenvalue weighted by atomic mass is 79.9. The lowest BCUT2D eigenvalue weighted by Crippen LogP contribution is -2.41. The van der Waals surface area contributed by atoms with Crippen molar-refractivity contribution < 1.29 is 17.5 Å². The molecule has 0 aliphatic carbocycles. The Bertz CT molecular complexity index is 641. The van der Waals surface area contributed by atoms with E-state index < -0.39 is 15.8 Å². The standard InChI is InChI=1S/C13H16BrClFNO3S/c1-8-11(3-4-20-8)17(2)21(18,19)12-6-10(14)5-9(7-15)13(12)16/h5-6,8,11H,3-4,7H2,1-2H3. The van der Waals surface area contributed by atoms with Gasteiger partial charge in [-0.15, -0.1) is 11.6 Å². The monoisotopic (exact) mass is 399 g/mol. The van der Waals surface area contributed by atoms with Gasteiger partial charge in [0.15, 0.2) is 0 Å². The van der Waals surface area contributed by atoms with Gasteiger partial charge in [-0.2, -0.15) is 4.31 Å². The quantitative estimate of drug-likeness (QED) is 0.730. The number of likely N-dealkylation sites (N-methyl/N-ethyl adjacent to an activating group) is 1. The third-order valence-corrected chi connectivity index (χ3v) is 6.31. The molecule has 2 rings (SSSR count). The largest absolute Gasteiger partial charge is 0.377 e. The van der Waals surface area contributed by atoms with Crippen molar-refractivity contribution in [2.24, 2.45) is 0 Å². The predicted octanol–water partition coefficient (Wildman–Crippen LogP) is 3.12. The minimum atomic E-state index is -3.95. The molecular formula is C13H16BrClFNO3S. The van der Waals surface area contributed by atoms with Gasteiger partial charge < -0.3 is 4.74 Å². The van der Waals surface area contributed by atoms with Crippen LogP contribution in [-0.4, -0.2) is 38.5 Å². The van der Waals surface area contributed by atoms with E-state index >= 15 is 0 Å². The van der Waals surface area contributed by atoms with Gasteiger partial charge in [-0.1, -0.05) is 15.9 Å². The van der Waals surface area contributed by atoms with Crippen LogP contribution in [0.2, 0.25) is 0 Å². The average Bonchev–Trinajstić information content (AvgIpc) is 2.85. The summed E-state index contributed by atoms with van der Waals surface area (Å²) in [6, 6.07) is 2.44. The lowest BCUT2D eigenvalue weighted by molar-refractivity contribution is 0.102. The molecule has 1 fully saturated rings. The van der Waals surface area contributed by atoms with Gasteiger partial charge in [0.1, 0.15) is 10.7 Å². The topological polar surface area (TPSA) is 46.6 Å². The summed E-state index contributed by atoms with van der Waals surface area (Å²) in [6.07, 6.45) is 0.377. The summed E-state index contributed by atoms with van der Waals surface area (Å²) >= 11 is 8.86. The number of alkyl halides is 1. The minimum Gasteiger partial charge on any atom is -0.377 e. The van der Waals surface area contributed by atoms with Crippen LogP contribution in [0.15, 0.2) is 21.5 Å². The molecule has 1 aromatic carbocycles. The molecule has 0 amide bonds. The van der Waals surface area contributed by atoms with Crippen molar-refractivity contribution in [2.45, 2.75) is 36.3 Å². The SMILES string of the molecule is CC1OCCC1N(C)S(=O)(=O)c1cc(Br)cc(CCl)c1F. The van der Waals surface area contributed by atoms with Crippen molar-refractivity contribution in [2.75, 3.05) is 13.7 Å². The zero-order chi connectivity index (χ0) is 15.8. The minimum absolute atomic E-state index is 0.0968. The highest BCUT2D eigenvalue weighted by Crippen LogP contribution is 2.30. The van der Waals surface area contributed by atoms with E-state index in [9.17, 15) is 12.8 Å². The van der Waals surface area contributed by atoms with Crippen LogP contribution < -0.4 is 0 Å². The molecule has 0 spiro atoms. The van der Waals surface area contributed by atoms with Crippen LogP contribution in [0, 0.1) is 5.82 Å². The average molecular weight is 401 g/mol. The first-order valence-corrected chi connectivity index (χ1v) is 9.19. The third kappa shape index (κ3) is 3.27. The molecule has 2 unspecified atom stereocenters. The number of nitrogens with zero attached hydrogens (tertiary/aromatic N) is 1. The number of rotatable bonds is 4. The van der Waals surface area contributed by atoms with Crippen molar-refractivity contribution in [1.29, 1.82) is 0 Å². The summed E-state index contributed by atoms with van der Waals surface area (Å²) in [5.74, 6) is -0.896. The first-order valence-electron chi connectivity index (χ1n) is 6.42. The molecule has 1 aliphatic rings. The number of benzene rings is 1. The summed E-state index contributed by atoms with van der Waals surface area (Å²) in [5.41, 5.74) is 0.147. The Labute approximate surface area is 137 Å². The third-order valence-electron chi connectivity index (χ3n) is 3.68. The van der Waals surface area contributed by atoms with Crippen LogP contribution in [0.25, 0.3) is 0 Å². The van der Waals surface area contributed by atoms with Gasteiger partial charge in [0, 0.05) is 23.7 Å². The molecule has 21 heavy (non-hydrogen) atoms. The first-order chi connectivity index (χ1) is 9.78. The molecule has 8 heteroatoms. The predicted molar refractivity (Wildman–Crippen MR) is 82.4 cm³/mol. The fraction of sp³-hybridized carbons (Fsp3) is 0.538. The highest BCUT2D eigenvalue weighted by Gasteiger charge is 2.37. The Balaban J connectivity index is 2.46. The van der Waals surface area contributed by atoms with Crippen LogP contribution in [0.1, 0.15) is 18.9 Å². The molecule has 1 aliphatic heterocycles. The molecule has 1 heterocycles. The maximum absolute atomic E-state index is 14.4. The van der Waals surface area contributed by atoms with Crippen molar-refractivity contribution in [3.63, 3.8) is 0 Å². The Morgan fingerprint density at radius 2 is 2.19 bits per heavy atom. The zero-order valence-electron chi connectivity index (χ0n) is 11.6. The summed E-state index contributed by atoms with van der Waals surface area (Å²) in [6.45, 7) is 2.31. The Kier molecular flexibility index (Phi) is 5.31. The van der Waals surface area contributed by atoms with E-state index in [1.165, 1.54) is 23.5 Å². The van der Waals surface area contributed by atoms with Crippen molar-refractivity contribution in [3.05, 3.63) is 28.0 Å². The number of sulfonamides is 1. The van der Waals surface area contributed by atoms with Crippen LogP contribution in [0.4, 0.5) is 4.39 Å². The van der Waals surface area contributed by atoms with E-state index in [-0.39, 0.29) is 28.5 Å². The number of hydrogen-bond donors (Lipinski definition) is 0. The first kappa shape index (κ1) is 17.1. The number of halogens is 3. The fourth-order valence-electron chi connectivity index (χ4n) is 2.43. The second-order valence-electron chi connectivity index (χ2n) is 4.96. The Hall–Kier alpha value is -0.210. The molecule has 0 aromatic heterocycles. The normalized spacial score (nSPS) is 23.0. The Morgan fingerprint density at radius 3 is 2.71 bits per heavy atom. The number of ether oxygens (including phenoxy) is 1. The van der Waals surface area contributed by atoms with Gasteiger partial charge in [-0.05, 0) is 25.5 Å². The lowest BCUT2D eigenvalue weighted by Gasteiger charge is -2.26. The van der Waals surface area contributed by atoms with E-state index in [0.717, 1.165) is 0 Å². The van der Waals surface area contributed by atoms with Gasteiger partial charge in [0.05, 0.1) is 18.0 Å². The molecule has 1 aromatic rings. The van der Waals surface area contributed by atoms with Gasteiger partial charge in [-0.3, -0.25) is 0 Å². The van der Waals surface area contributed by atoms with Crippen LogP contribution >= 0.6 is 27.5 Å². The van der Waals surface area contributed by atoms with E-state index in [2.05, 4.69) is 15.9 Å². The second kappa shape index (κ2) is 6.50. The summed E-state index contributed by atoms with van der Waals surface area (Å²) < 4.78 is 46.7. The summed E-state index contributed by atoms with van der Waals surface area (Å²) in [5, 5.41) is 0. The van der Waals surface area contributed by atoms with Gasteiger partial charge in [-0.25, -0.2) is 12.8 Å². The summed E-state index contributed by atoms with van der Waals surface area (Å²) in [4.78, 5) is -0.367. The Morgan fingerprint density at radius 1 is 1.52 bits per heavy atom. The van der Waals surface area contributed by atoms with Gasteiger partial charge >= 0.3 is 0 Å². The van der Waals surface area contributed by atoms with Crippen molar-refractivity contribution in [3.8, 4) is 0 Å². The molecule has 0 bridgehead atoms. The van der Waals surface area contributed by atoms with E-state index in [4.69, 9.17) is 16.3 Å². The fourth-order valence-corrected chi connectivity index (χ4v) is 4.86.